The van der Waals surface area contributed by atoms with Crippen molar-refractivity contribution >= 4 is 46.2 Å². The van der Waals surface area contributed by atoms with Crippen LogP contribution in [0.4, 0.5) is 5.69 Å². The van der Waals surface area contributed by atoms with Gasteiger partial charge in [-0.25, -0.2) is 0 Å². The van der Waals surface area contributed by atoms with E-state index >= 15 is 0 Å². The van der Waals surface area contributed by atoms with Crippen LogP contribution in [0.5, 0.6) is 11.5 Å². The lowest BCUT2D eigenvalue weighted by Crippen LogP contribution is -2.18. The zero-order valence-corrected chi connectivity index (χ0v) is 12.0. The minimum atomic E-state index is 0.217. The average Bonchev–Trinajstić information content (AvgIpc) is 2.34. The molecule has 0 aromatic heterocycles. The second-order valence-electron chi connectivity index (χ2n) is 3.69. The van der Waals surface area contributed by atoms with E-state index in [4.69, 9.17) is 45.9 Å². The average molecular weight is 313 g/mol. The van der Waals surface area contributed by atoms with Crippen LogP contribution in [-0.4, -0.2) is 5.11 Å². The van der Waals surface area contributed by atoms with Gasteiger partial charge in [0.15, 0.2) is 5.11 Å². The minimum Gasteiger partial charge on any atom is -0.456 e. The molecule has 0 heterocycles. The van der Waals surface area contributed by atoms with Crippen molar-refractivity contribution in [2.45, 2.75) is 0 Å². The molecule has 0 aliphatic heterocycles. The van der Waals surface area contributed by atoms with Crippen molar-refractivity contribution in [2.75, 3.05) is 5.32 Å². The van der Waals surface area contributed by atoms with Gasteiger partial charge in [-0.3, -0.25) is 0 Å². The third-order valence-electron chi connectivity index (χ3n) is 2.24. The molecule has 0 bridgehead atoms. The number of nitrogens with one attached hydrogen (secondary N) is 1. The first-order valence-electron chi connectivity index (χ1n) is 5.34. The van der Waals surface area contributed by atoms with Crippen LogP contribution in [0.1, 0.15) is 0 Å². The van der Waals surface area contributed by atoms with Gasteiger partial charge in [0.1, 0.15) is 11.5 Å². The molecule has 19 heavy (non-hydrogen) atoms. The van der Waals surface area contributed by atoms with Crippen molar-refractivity contribution in [3.63, 3.8) is 0 Å². The molecular formula is C13H10Cl2N2OS. The summed E-state index contributed by atoms with van der Waals surface area (Å²) in [5, 5.41) is 4.06. The maximum atomic E-state index is 6.02. The van der Waals surface area contributed by atoms with Gasteiger partial charge in [-0.1, -0.05) is 23.2 Å². The van der Waals surface area contributed by atoms with E-state index in [0.29, 0.717) is 21.5 Å². The van der Waals surface area contributed by atoms with Gasteiger partial charge in [0.05, 0.1) is 5.02 Å². The summed E-state index contributed by atoms with van der Waals surface area (Å²) in [6, 6.07) is 12.2. The van der Waals surface area contributed by atoms with E-state index in [0.717, 1.165) is 5.69 Å². The molecule has 98 valence electrons. The van der Waals surface area contributed by atoms with Gasteiger partial charge in [-0.05, 0) is 54.7 Å². The highest BCUT2D eigenvalue weighted by Gasteiger charge is 2.04. The highest BCUT2D eigenvalue weighted by atomic mass is 35.5. The molecule has 3 N–H and O–H groups in total. The lowest BCUT2D eigenvalue weighted by atomic mass is 10.3. The highest BCUT2D eigenvalue weighted by Crippen LogP contribution is 2.31. The summed E-state index contributed by atoms with van der Waals surface area (Å²) < 4.78 is 5.64. The number of hydrogen-bond donors (Lipinski definition) is 2. The molecule has 0 aliphatic carbocycles. The zero-order chi connectivity index (χ0) is 13.8. The standard InChI is InChI=1S/C13H10Cl2N2OS/c14-8-1-6-12(11(15)7-8)18-10-4-2-9(3-5-10)17-13(16)19/h1-7H,(H3,16,17,19). The molecule has 0 unspecified atom stereocenters. The van der Waals surface area contributed by atoms with Crippen LogP contribution in [0.3, 0.4) is 0 Å². The first kappa shape index (κ1) is 13.9. The van der Waals surface area contributed by atoms with E-state index in [1.807, 2.05) is 0 Å². The summed E-state index contributed by atoms with van der Waals surface area (Å²) in [6.45, 7) is 0. The summed E-state index contributed by atoms with van der Waals surface area (Å²) in [7, 11) is 0. The third kappa shape index (κ3) is 3.99. The Hall–Kier alpha value is -1.49. The van der Waals surface area contributed by atoms with Gasteiger partial charge in [-0.2, -0.15) is 0 Å². The van der Waals surface area contributed by atoms with Gasteiger partial charge in [0, 0.05) is 10.7 Å². The fraction of sp³-hybridized carbons (Fsp3) is 0. The van der Waals surface area contributed by atoms with Crippen LogP contribution in [0.25, 0.3) is 0 Å². The SMILES string of the molecule is NC(=S)Nc1ccc(Oc2ccc(Cl)cc2Cl)cc1. The van der Waals surface area contributed by atoms with Gasteiger partial charge >= 0.3 is 0 Å². The number of nitrogens with two attached hydrogens (primary N) is 1. The fourth-order valence-corrected chi connectivity index (χ4v) is 2.00. The van der Waals surface area contributed by atoms with Gasteiger partial charge in [-0.15, -0.1) is 0 Å². The maximum Gasteiger partial charge on any atom is 0.168 e. The lowest BCUT2D eigenvalue weighted by molar-refractivity contribution is 0.483. The molecule has 0 radical (unpaired) electrons. The quantitative estimate of drug-likeness (QED) is 0.822. The summed E-state index contributed by atoms with van der Waals surface area (Å²) in [5.74, 6) is 1.19. The topological polar surface area (TPSA) is 47.3 Å². The van der Waals surface area contributed by atoms with E-state index in [9.17, 15) is 0 Å². The van der Waals surface area contributed by atoms with Crippen molar-refractivity contribution in [3.05, 3.63) is 52.5 Å². The van der Waals surface area contributed by atoms with E-state index < -0.39 is 0 Å². The molecule has 0 fully saturated rings. The van der Waals surface area contributed by atoms with Crippen LogP contribution in [0.15, 0.2) is 42.5 Å². The summed E-state index contributed by atoms with van der Waals surface area (Å²) in [4.78, 5) is 0. The summed E-state index contributed by atoms with van der Waals surface area (Å²) >= 11 is 16.6. The minimum absolute atomic E-state index is 0.217. The number of anilines is 1. The Morgan fingerprint density at radius 3 is 2.37 bits per heavy atom. The summed E-state index contributed by atoms with van der Waals surface area (Å²) in [5.41, 5.74) is 6.17. The molecular weight excluding hydrogens is 303 g/mol. The first-order chi connectivity index (χ1) is 9.04. The number of halogens is 2. The molecule has 2 rings (SSSR count). The smallest absolute Gasteiger partial charge is 0.168 e. The van der Waals surface area contributed by atoms with Crippen molar-refractivity contribution in [3.8, 4) is 11.5 Å². The number of thiocarbonyl (C=S) groups is 1. The zero-order valence-electron chi connectivity index (χ0n) is 9.69. The predicted molar refractivity (Wildman–Crippen MR) is 83.4 cm³/mol. The number of benzene rings is 2. The van der Waals surface area contributed by atoms with Crippen molar-refractivity contribution < 1.29 is 4.74 Å². The molecule has 0 aliphatic rings. The molecule has 6 heteroatoms. The lowest BCUT2D eigenvalue weighted by Gasteiger charge is -2.09. The summed E-state index contributed by atoms with van der Waals surface area (Å²) in [6.07, 6.45) is 0. The number of rotatable bonds is 3. The Morgan fingerprint density at radius 2 is 1.79 bits per heavy atom. The molecule has 0 atom stereocenters. The van der Waals surface area contributed by atoms with E-state index in [1.54, 1.807) is 42.5 Å². The molecule has 3 nitrogen and oxygen atoms in total. The fourth-order valence-electron chi connectivity index (χ4n) is 1.43. The van der Waals surface area contributed by atoms with Crippen LogP contribution >= 0.6 is 35.4 Å². The molecule has 2 aromatic carbocycles. The Morgan fingerprint density at radius 1 is 1.11 bits per heavy atom. The Bertz CT molecular complexity index is 602. The highest BCUT2D eigenvalue weighted by molar-refractivity contribution is 7.80. The molecule has 0 spiro atoms. The van der Waals surface area contributed by atoms with Crippen molar-refractivity contribution in [1.82, 2.24) is 0 Å². The Labute approximate surface area is 126 Å². The van der Waals surface area contributed by atoms with Crippen LogP contribution in [0.2, 0.25) is 10.0 Å². The second-order valence-corrected chi connectivity index (χ2v) is 4.97. The molecule has 0 amide bonds. The van der Waals surface area contributed by atoms with Crippen LogP contribution in [-0.2, 0) is 0 Å². The molecule has 0 saturated carbocycles. The molecule has 0 saturated heterocycles. The Kier molecular flexibility index (Phi) is 4.47. The monoisotopic (exact) mass is 312 g/mol. The number of ether oxygens (including phenoxy) is 1. The van der Waals surface area contributed by atoms with E-state index in [-0.39, 0.29) is 5.11 Å². The largest absolute Gasteiger partial charge is 0.456 e. The predicted octanol–water partition coefficient (Wildman–Crippen LogP) is 4.44. The molecule has 2 aromatic rings. The van der Waals surface area contributed by atoms with Crippen LogP contribution in [0, 0.1) is 0 Å². The first-order valence-corrected chi connectivity index (χ1v) is 6.50. The normalized spacial score (nSPS) is 10.0. The van der Waals surface area contributed by atoms with E-state index in [2.05, 4.69) is 5.32 Å². The number of hydrogen-bond acceptors (Lipinski definition) is 2. The van der Waals surface area contributed by atoms with Crippen LogP contribution < -0.4 is 15.8 Å². The third-order valence-corrected chi connectivity index (χ3v) is 2.88. The van der Waals surface area contributed by atoms with Gasteiger partial charge < -0.3 is 15.8 Å². The van der Waals surface area contributed by atoms with Crippen molar-refractivity contribution in [2.24, 2.45) is 5.73 Å². The Balaban J connectivity index is 2.13. The van der Waals surface area contributed by atoms with Gasteiger partial charge in [0.2, 0.25) is 0 Å². The van der Waals surface area contributed by atoms with Crippen molar-refractivity contribution in [1.29, 1.82) is 0 Å². The maximum absolute atomic E-state index is 6.02. The second kappa shape index (κ2) is 6.10. The van der Waals surface area contributed by atoms with E-state index in [1.165, 1.54) is 0 Å². The van der Waals surface area contributed by atoms with Gasteiger partial charge in [0.25, 0.3) is 0 Å².